The van der Waals surface area contributed by atoms with E-state index in [2.05, 4.69) is 10.6 Å². The van der Waals surface area contributed by atoms with Crippen LogP contribution in [0.25, 0.3) is 0 Å². The molecule has 25 heavy (non-hydrogen) atoms. The summed E-state index contributed by atoms with van der Waals surface area (Å²) < 4.78 is 5.43. The molecule has 1 spiro atoms. The second kappa shape index (κ2) is 4.83. The number of carbonyl (C=O) groups is 2. The Morgan fingerprint density at radius 1 is 0.960 bits per heavy atom. The molecule has 3 aliphatic rings. The van der Waals surface area contributed by atoms with Crippen LogP contribution in [0.5, 0.6) is 5.75 Å². The lowest BCUT2D eigenvalue weighted by Gasteiger charge is -2.34. The van der Waals surface area contributed by atoms with Crippen LogP contribution >= 0.6 is 0 Å². The van der Waals surface area contributed by atoms with E-state index in [4.69, 9.17) is 4.74 Å². The average Bonchev–Trinajstić information content (AvgIpc) is 2.96. The number of ketones is 2. The van der Waals surface area contributed by atoms with E-state index in [1.165, 1.54) is 6.07 Å². The minimum Gasteiger partial charge on any atom is -0.507 e. The summed E-state index contributed by atoms with van der Waals surface area (Å²) >= 11 is 0. The Morgan fingerprint density at radius 2 is 1.60 bits per heavy atom. The van der Waals surface area contributed by atoms with Gasteiger partial charge in [0, 0.05) is 30.0 Å². The molecule has 0 saturated carbocycles. The number of hydrogen-bond donors (Lipinski definition) is 3. The standard InChI is InChI=1S/C19H16N2O4/c22-13-9-12-16(21-19(20-12)5-7-25-8-6-19)15-14(13)17(23)10-3-1-2-4-11(10)18(15)24/h1-4,9,20-22H,5-8H2. The second-order valence-electron chi connectivity index (χ2n) is 6.72. The van der Waals surface area contributed by atoms with Gasteiger partial charge in [-0.2, -0.15) is 0 Å². The first kappa shape index (κ1) is 14.5. The summed E-state index contributed by atoms with van der Waals surface area (Å²) in [7, 11) is 0. The van der Waals surface area contributed by atoms with Gasteiger partial charge in [0.05, 0.1) is 35.7 Å². The first-order valence-electron chi connectivity index (χ1n) is 8.32. The predicted molar refractivity (Wildman–Crippen MR) is 91.4 cm³/mol. The molecule has 0 radical (unpaired) electrons. The van der Waals surface area contributed by atoms with E-state index in [0.717, 1.165) is 12.8 Å². The molecule has 1 fully saturated rings. The smallest absolute Gasteiger partial charge is 0.198 e. The van der Waals surface area contributed by atoms with Gasteiger partial charge in [0.25, 0.3) is 0 Å². The molecule has 6 heteroatoms. The number of aromatic hydroxyl groups is 1. The van der Waals surface area contributed by atoms with Gasteiger partial charge in [-0.1, -0.05) is 24.3 Å². The fraction of sp³-hybridized carbons (Fsp3) is 0.263. The van der Waals surface area contributed by atoms with Crippen LogP contribution < -0.4 is 10.6 Å². The highest BCUT2D eigenvalue weighted by Gasteiger charge is 2.43. The van der Waals surface area contributed by atoms with Crippen LogP contribution in [0.2, 0.25) is 0 Å². The molecular weight excluding hydrogens is 320 g/mol. The minimum absolute atomic E-state index is 0.0841. The van der Waals surface area contributed by atoms with Crippen molar-refractivity contribution in [3.8, 4) is 5.75 Å². The van der Waals surface area contributed by atoms with E-state index < -0.39 is 5.66 Å². The van der Waals surface area contributed by atoms with Crippen molar-refractivity contribution in [1.29, 1.82) is 0 Å². The molecule has 0 amide bonds. The van der Waals surface area contributed by atoms with Crippen LogP contribution in [0.1, 0.15) is 44.7 Å². The molecule has 126 valence electrons. The topological polar surface area (TPSA) is 87.7 Å². The highest BCUT2D eigenvalue weighted by molar-refractivity contribution is 6.32. The first-order chi connectivity index (χ1) is 12.1. The third-order valence-corrected chi connectivity index (χ3v) is 5.26. The monoisotopic (exact) mass is 336 g/mol. The van der Waals surface area contributed by atoms with E-state index in [1.807, 2.05) is 0 Å². The third kappa shape index (κ3) is 1.88. The van der Waals surface area contributed by atoms with Crippen molar-refractivity contribution in [1.82, 2.24) is 0 Å². The van der Waals surface area contributed by atoms with Crippen LogP contribution in [-0.4, -0.2) is 35.5 Å². The van der Waals surface area contributed by atoms with Gasteiger partial charge in [0.15, 0.2) is 11.6 Å². The van der Waals surface area contributed by atoms with Crippen LogP contribution in [0.15, 0.2) is 30.3 Å². The SMILES string of the molecule is O=C1c2ccccc2C(=O)c2c3c(cc(O)c21)NC1(CCOCC1)N3. The number of rotatable bonds is 0. The fourth-order valence-electron chi connectivity index (χ4n) is 4.00. The van der Waals surface area contributed by atoms with Crippen LogP contribution in [0, 0.1) is 0 Å². The maximum atomic E-state index is 13.1. The molecule has 6 nitrogen and oxygen atoms in total. The second-order valence-corrected chi connectivity index (χ2v) is 6.72. The number of phenols is 1. The van der Waals surface area contributed by atoms with Gasteiger partial charge in [-0.15, -0.1) is 0 Å². The van der Waals surface area contributed by atoms with E-state index >= 15 is 0 Å². The molecule has 2 heterocycles. The number of phenolic OH excluding ortho intramolecular Hbond substituents is 1. The fourth-order valence-corrected chi connectivity index (χ4v) is 4.00. The number of carbonyl (C=O) groups excluding carboxylic acids is 2. The molecule has 2 aromatic rings. The zero-order valence-corrected chi connectivity index (χ0v) is 13.4. The number of nitrogens with one attached hydrogen (secondary N) is 2. The lowest BCUT2D eigenvalue weighted by atomic mass is 9.82. The van der Waals surface area contributed by atoms with Crippen molar-refractivity contribution in [3.63, 3.8) is 0 Å². The quantitative estimate of drug-likeness (QED) is 0.547. The molecule has 0 atom stereocenters. The first-order valence-corrected chi connectivity index (χ1v) is 8.32. The summed E-state index contributed by atoms with van der Waals surface area (Å²) in [5.41, 5.74) is 1.91. The van der Waals surface area contributed by atoms with Crippen molar-refractivity contribution in [2.75, 3.05) is 23.8 Å². The van der Waals surface area contributed by atoms with Crippen molar-refractivity contribution in [2.45, 2.75) is 18.5 Å². The highest BCUT2D eigenvalue weighted by Crippen LogP contribution is 2.47. The Bertz CT molecular complexity index is 945. The summed E-state index contributed by atoms with van der Waals surface area (Å²) in [6.07, 6.45) is 1.46. The van der Waals surface area contributed by atoms with Crippen LogP contribution in [0.4, 0.5) is 11.4 Å². The van der Waals surface area contributed by atoms with Crippen LogP contribution in [-0.2, 0) is 4.74 Å². The zero-order chi connectivity index (χ0) is 17.2. The Labute approximate surface area is 143 Å². The van der Waals surface area contributed by atoms with Crippen molar-refractivity contribution in [3.05, 3.63) is 52.6 Å². The van der Waals surface area contributed by atoms with E-state index in [0.29, 0.717) is 35.7 Å². The number of anilines is 2. The molecule has 2 aliphatic heterocycles. The lowest BCUT2D eigenvalue weighted by molar-refractivity contribution is 0.0696. The maximum absolute atomic E-state index is 13.1. The molecule has 1 saturated heterocycles. The van der Waals surface area contributed by atoms with E-state index in [1.54, 1.807) is 24.3 Å². The van der Waals surface area contributed by atoms with Gasteiger partial charge in [-0.3, -0.25) is 9.59 Å². The van der Waals surface area contributed by atoms with E-state index in [-0.39, 0.29) is 28.4 Å². The number of hydrogen-bond acceptors (Lipinski definition) is 6. The minimum atomic E-state index is -0.400. The molecule has 0 aromatic heterocycles. The molecule has 1 aliphatic carbocycles. The molecule has 0 bridgehead atoms. The van der Waals surface area contributed by atoms with Gasteiger partial charge >= 0.3 is 0 Å². The van der Waals surface area contributed by atoms with Crippen molar-refractivity contribution < 1.29 is 19.4 Å². The Balaban J connectivity index is 1.71. The highest BCUT2D eigenvalue weighted by atomic mass is 16.5. The predicted octanol–water partition coefficient (Wildman–Crippen LogP) is 2.51. The summed E-state index contributed by atoms with van der Waals surface area (Å²) in [5, 5.41) is 17.3. The Morgan fingerprint density at radius 3 is 2.28 bits per heavy atom. The number of ether oxygens (including phenoxy) is 1. The van der Waals surface area contributed by atoms with Gasteiger partial charge in [-0.25, -0.2) is 0 Å². The molecular formula is C19H16N2O4. The number of fused-ring (bicyclic) bond motifs is 4. The molecule has 0 unspecified atom stereocenters. The average molecular weight is 336 g/mol. The maximum Gasteiger partial charge on any atom is 0.198 e. The van der Waals surface area contributed by atoms with E-state index in [9.17, 15) is 14.7 Å². The summed E-state index contributed by atoms with van der Waals surface area (Å²) in [6.45, 7) is 1.22. The van der Waals surface area contributed by atoms with Crippen molar-refractivity contribution in [2.24, 2.45) is 0 Å². The summed E-state index contributed by atoms with van der Waals surface area (Å²) in [4.78, 5) is 25.9. The lowest BCUT2D eigenvalue weighted by Crippen LogP contribution is -2.46. The van der Waals surface area contributed by atoms with Crippen LogP contribution in [0.3, 0.4) is 0 Å². The Hall–Kier alpha value is -2.86. The Kier molecular flexibility index (Phi) is 2.80. The molecule has 5 rings (SSSR count). The molecule has 2 aromatic carbocycles. The van der Waals surface area contributed by atoms with Gasteiger partial charge < -0.3 is 20.5 Å². The summed E-state index contributed by atoms with van der Waals surface area (Å²) in [6, 6.07) is 8.27. The largest absolute Gasteiger partial charge is 0.507 e. The van der Waals surface area contributed by atoms with Gasteiger partial charge in [0.2, 0.25) is 0 Å². The molecule has 3 N–H and O–H groups in total. The van der Waals surface area contributed by atoms with Gasteiger partial charge in [-0.05, 0) is 0 Å². The normalized spacial score (nSPS) is 19.7. The summed E-state index contributed by atoms with van der Waals surface area (Å²) in [5.74, 6) is -0.726. The van der Waals surface area contributed by atoms with Gasteiger partial charge in [0.1, 0.15) is 11.4 Å². The van der Waals surface area contributed by atoms with Crippen molar-refractivity contribution >= 4 is 22.9 Å². The number of benzene rings is 2. The third-order valence-electron chi connectivity index (χ3n) is 5.26. The zero-order valence-electron chi connectivity index (χ0n) is 13.4.